The third-order valence-electron chi connectivity index (χ3n) is 8.12. The van der Waals surface area contributed by atoms with Gasteiger partial charge in [0.05, 0.1) is 28.9 Å². The SMILES string of the molecule is C=C1[C@@H]2C[C@H](OC(C)=O)[C@@]3(C)[C@@H](OC(C)=O)CC=C(C)[C@@H]3[C@H](O)[C@]3(O2)[C@@H](C)C(=O)O[C@H]3[C@H]1Cl. The Balaban J connectivity index is 1.95. The number of hydrogen-bond acceptors (Lipinski definition) is 8. The van der Waals surface area contributed by atoms with Gasteiger partial charge in [-0.3, -0.25) is 14.4 Å². The third kappa shape index (κ3) is 3.36. The standard InChI is InChI=1S/C24H31ClO8/c1-10-7-8-16(30-13(4)26)23(6)17(31-14(5)27)9-15-11(2)19(25)21-24(33-15,20(28)18(10)23)12(3)22(29)32-21/h7,12,15-21,28H,2,8-9H2,1,3-6H3/t12-,15-,16-,17-,18+,19-,20-,21-,23+,24+/m0/s1. The van der Waals surface area contributed by atoms with Crippen molar-refractivity contribution in [3.8, 4) is 0 Å². The fraction of sp³-hybridized carbons (Fsp3) is 0.708. The molecule has 182 valence electrons. The number of ether oxygens (including phenoxy) is 4. The predicted octanol–water partition coefficient (Wildman–Crippen LogP) is 2.45. The molecule has 0 amide bonds. The van der Waals surface area contributed by atoms with Crippen molar-refractivity contribution in [1.29, 1.82) is 0 Å². The molecule has 3 aliphatic heterocycles. The third-order valence-corrected chi connectivity index (χ3v) is 8.63. The molecule has 9 heteroatoms. The van der Waals surface area contributed by atoms with Crippen LogP contribution in [0.2, 0.25) is 0 Å². The van der Waals surface area contributed by atoms with E-state index in [2.05, 4.69) is 6.58 Å². The van der Waals surface area contributed by atoms with Crippen molar-refractivity contribution in [1.82, 2.24) is 0 Å². The van der Waals surface area contributed by atoms with Crippen LogP contribution in [0.15, 0.2) is 23.8 Å². The lowest BCUT2D eigenvalue weighted by molar-refractivity contribution is -0.262. The van der Waals surface area contributed by atoms with Crippen molar-refractivity contribution in [3.05, 3.63) is 23.8 Å². The number of aliphatic hydroxyl groups excluding tert-OH is 1. The molecular weight excluding hydrogens is 452 g/mol. The Hall–Kier alpha value is -1.90. The smallest absolute Gasteiger partial charge is 0.312 e. The summed E-state index contributed by atoms with van der Waals surface area (Å²) in [5, 5.41) is 11.3. The van der Waals surface area contributed by atoms with Gasteiger partial charge in [0.15, 0.2) is 6.10 Å². The van der Waals surface area contributed by atoms with Crippen LogP contribution in [0.25, 0.3) is 0 Å². The molecule has 0 aromatic heterocycles. The number of fused-ring (bicyclic) bond motifs is 2. The van der Waals surface area contributed by atoms with Crippen LogP contribution in [0.5, 0.6) is 0 Å². The number of halogens is 1. The maximum atomic E-state index is 12.7. The Morgan fingerprint density at radius 1 is 1.24 bits per heavy atom. The predicted molar refractivity (Wildman–Crippen MR) is 117 cm³/mol. The second kappa shape index (κ2) is 8.10. The highest BCUT2D eigenvalue weighted by atomic mass is 35.5. The zero-order chi connectivity index (χ0) is 24.5. The Kier molecular flexibility index (Phi) is 5.95. The fourth-order valence-corrected chi connectivity index (χ4v) is 6.81. The van der Waals surface area contributed by atoms with Gasteiger partial charge in [-0.2, -0.15) is 0 Å². The highest BCUT2D eigenvalue weighted by molar-refractivity contribution is 6.23. The van der Waals surface area contributed by atoms with E-state index in [0.29, 0.717) is 12.0 Å². The molecule has 2 bridgehead atoms. The fourth-order valence-electron chi connectivity index (χ4n) is 6.42. The van der Waals surface area contributed by atoms with E-state index in [4.69, 9.17) is 30.5 Å². The van der Waals surface area contributed by atoms with Crippen molar-refractivity contribution in [3.63, 3.8) is 0 Å². The highest BCUT2D eigenvalue weighted by Crippen LogP contribution is 2.59. The summed E-state index contributed by atoms with van der Waals surface area (Å²) in [5.74, 6) is -2.96. The topological polar surface area (TPSA) is 108 Å². The van der Waals surface area contributed by atoms with E-state index in [1.165, 1.54) is 13.8 Å². The summed E-state index contributed by atoms with van der Waals surface area (Å²) >= 11 is 6.72. The van der Waals surface area contributed by atoms with E-state index in [-0.39, 0.29) is 6.42 Å². The van der Waals surface area contributed by atoms with Crippen LogP contribution < -0.4 is 0 Å². The average molecular weight is 483 g/mol. The minimum atomic E-state index is -1.43. The average Bonchev–Trinajstić information content (AvgIpc) is 2.98. The summed E-state index contributed by atoms with van der Waals surface area (Å²) in [4.78, 5) is 36.9. The first-order chi connectivity index (χ1) is 15.3. The van der Waals surface area contributed by atoms with Gasteiger partial charge in [0.25, 0.3) is 0 Å². The first-order valence-electron chi connectivity index (χ1n) is 11.3. The van der Waals surface area contributed by atoms with E-state index in [1.807, 2.05) is 19.9 Å². The van der Waals surface area contributed by atoms with Crippen LogP contribution in [0.4, 0.5) is 0 Å². The van der Waals surface area contributed by atoms with Gasteiger partial charge in [-0.05, 0) is 19.4 Å². The Morgan fingerprint density at radius 2 is 1.85 bits per heavy atom. The minimum Gasteiger partial charge on any atom is -0.462 e. The first kappa shape index (κ1) is 24.2. The minimum absolute atomic E-state index is 0.182. The van der Waals surface area contributed by atoms with Gasteiger partial charge in [0.1, 0.15) is 17.8 Å². The Bertz CT molecular complexity index is 929. The quantitative estimate of drug-likeness (QED) is 0.277. The lowest BCUT2D eigenvalue weighted by Gasteiger charge is -2.59. The van der Waals surface area contributed by atoms with Crippen LogP contribution in [-0.4, -0.2) is 64.5 Å². The van der Waals surface area contributed by atoms with Gasteiger partial charge >= 0.3 is 17.9 Å². The van der Waals surface area contributed by atoms with Crippen molar-refractivity contribution in [2.24, 2.45) is 17.3 Å². The van der Waals surface area contributed by atoms with Crippen LogP contribution in [0.1, 0.15) is 47.5 Å². The molecule has 3 saturated heterocycles. The lowest BCUT2D eigenvalue weighted by Crippen LogP contribution is -2.71. The summed E-state index contributed by atoms with van der Waals surface area (Å²) in [6.45, 7) is 12.1. The molecule has 0 unspecified atom stereocenters. The van der Waals surface area contributed by atoms with Gasteiger partial charge in [-0.25, -0.2) is 0 Å². The Morgan fingerprint density at radius 3 is 2.45 bits per heavy atom. The molecule has 33 heavy (non-hydrogen) atoms. The molecular formula is C24H31ClO8. The van der Waals surface area contributed by atoms with Crippen molar-refractivity contribution < 1.29 is 38.4 Å². The second-order valence-electron chi connectivity index (χ2n) is 9.92. The summed E-state index contributed by atoms with van der Waals surface area (Å²) in [6.07, 6.45) is -1.88. The number of carbonyl (C=O) groups is 3. The molecule has 1 spiro atoms. The molecule has 4 aliphatic rings. The molecule has 3 heterocycles. The number of rotatable bonds is 2. The summed E-state index contributed by atoms with van der Waals surface area (Å²) in [7, 11) is 0. The van der Waals surface area contributed by atoms with Gasteiger partial charge in [0, 0.05) is 32.6 Å². The largest absolute Gasteiger partial charge is 0.462 e. The van der Waals surface area contributed by atoms with Crippen molar-refractivity contribution in [2.75, 3.05) is 0 Å². The molecule has 0 aromatic rings. The van der Waals surface area contributed by atoms with Gasteiger partial charge in [-0.1, -0.05) is 25.2 Å². The molecule has 0 saturated carbocycles. The summed E-state index contributed by atoms with van der Waals surface area (Å²) < 4.78 is 23.6. The molecule has 4 rings (SSSR count). The number of hydrogen-bond donors (Lipinski definition) is 1. The molecule has 0 aromatic carbocycles. The van der Waals surface area contributed by atoms with E-state index in [9.17, 15) is 19.5 Å². The van der Waals surface area contributed by atoms with Gasteiger partial charge < -0.3 is 24.1 Å². The van der Waals surface area contributed by atoms with Crippen LogP contribution >= 0.6 is 11.6 Å². The Labute approximate surface area is 198 Å². The molecule has 8 nitrogen and oxygen atoms in total. The number of alkyl halides is 1. The highest BCUT2D eigenvalue weighted by Gasteiger charge is 2.72. The lowest BCUT2D eigenvalue weighted by atomic mass is 9.54. The van der Waals surface area contributed by atoms with Crippen LogP contribution in [0.3, 0.4) is 0 Å². The van der Waals surface area contributed by atoms with Crippen LogP contribution in [0, 0.1) is 17.3 Å². The molecule has 0 radical (unpaired) electrons. The summed E-state index contributed by atoms with van der Waals surface area (Å²) in [6, 6.07) is 0. The second-order valence-corrected chi connectivity index (χ2v) is 10.4. The number of aliphatic hydroxyl groups is 1. The zero-order valence-electron chi connectivity index (χ0n) is 19.5. The number of carbonyl (C=O) groups excluding carboxylic acids is 3. The zero-order valence-corrected chi connectivity index (χ0v) is 20.3. The molecule has 3 fully saturated rings. The van der Waals surface area contributed by atoms with E-state index in [0.717, 1.165) is 5.57 Å². The number of esters is 3. The van der Waals surface area contributed by atoms with E-state index < -0.39 is 76.7 Å². The molecule has 10 atom stereocenters. The van der Waals surface area contributed by atoms with Gasteiger partial charge in [0.2, 0.25) is 0 Å². The van der Waals surface area contributed by atoms with E-state index in [1.54, 1.807) is 6.92 Å². The van der Waals surface area contributed by atoms with E-state index >= 15 is 0 Å². The van der Waals surface area contributed by atoms with Crippen molar-refractivity contribution >= 4 is 29.5 Å². The normalized spacial score (nSPS) is 46.7. The maximum Gasteiger partial charge on any atom is 0.312 e. The molecule has 1 N–H and O–H groups in total. The van der Waals surface area contributed by atoms with Gasteiger partial charge in [-0.15, -0.1) is 11.6 Å². The first-order valence-corrected chi connectivity index (χ1v) is 11.7. The monoisotopic (exact) mass is 482 g/mol. The van der Waals surface area contributed by atoms with Crippen LogP contribution in [-0.2, 0) is 33.3 Å². The maximum absolute atomic E-state index is 12.7. The summed E-state index contributed by atoms with van der Waals surface area (Å²) in [5.41, 5.74) is -1.14. The van der Waals surface area contributed by atoms with Crippen molar-refractivity contribution in [2.45, 2.75) is 89.0 Å². The molecule has 1 aliphatic carbocycles.